The zero-order valence-corrected chi connectivity index (χ0v) is 10.8. The molecule has 3 nitrogen and oxygen atoms in total. The number of carbonyl (C=O) groups excluding carboxylic acids is 1. The molecule has 0 saturated heterocycles. The first-order valence-corrected chi connectivity index (χ1v) is 5.62. The van der Waals surface area contributed by atoms with Gasteiger partial charge in [0.15, 0.2) is 0 Å². The summed E-state index contributed by atoms with van der Waals surface area (Å²) < 4.78 is 1.16. The third kappa shape index (κ3) is 4.83. The molecule has 1 rings (SSSR count). The van der Waals surface area contributed by atoms with Crippen LogP contribution in [-0.4, -0.2) is 5.91 Å². The molecule has 15 heavy (non-hydrogen) atoms. The Bertz CT molecular complexity index is 367. The van der Waals surface area contributed by atoms with Crippen LogP contribution in [0.2, 0.25) is 0 Å². The monoisotopic (exact) mass is 316 g/mol. The molecule has 2 N–H and O–H groups in total. The molecule has 0 atom stereocenters. The highest BCUT2D eigenvalue weighted by Gasteiger charge is 1.95. The predicted molar refractivity (Wildman–Crippen MR) is 70.4 cm³/mol. The van der Waals surface area contributed by atoms with E-state index in [4.69, 9.17) is 0 Å². The van der Waals surface area contributed by atoms with Gasteiger partial charge in [-0.1, -0.05) is 5.57 Å². The van der Waals surface area contributed by atoms with E-state index in [1.54, 1.807) is 6.08 Å². The number of anilines is 1. The molecule has 1 aromatic rings. The van der Waals surface area contributed by atoms with E-state index in [-0.39, 0.29) is 5.91 Å². The van der Waals surface area contributed by atoms with Crippen molar-refractivity contribution in [2.24, 2.45) is 0 Å². The van der Waals surface area contributed by atoms with E-state index in [9.17, 15) is 4.79 Å². The number of carbonyl (C=O) groups is 1. The molecule has 0 spiro atoms. The molecule has 0 aliphatic carbocycles. The van der Waals surface area contributed by atoms with Crippen molar-refractivity contribution in [3.8, 4) is 0 Å². The molecule has 80 valence electrons. The van der Waals surface area contributed by atoms with Crippen LogP contribution in [-0.2, 0) is 4.79 Å². The second-order valence-corrected chi connectivity index (χ2v) is 4.59. The minimum Gasteiger partial charge on any atom is -0.298 e. The number of allylic oxidation sites excluding steroid dienone is 1. The van der Waals surface area contributed by atoms with Gasteiger partial charge in [0.2, 0.25) is 0 Å². The van der Waals surface area contributed by atoms with Gasteiger partial charge >= 0.3 is 0 Å². The highest BCUT2D eigenvalue weighted by molar-refractivity contribution is 14.1. The van der Waals surface area contributed by atoms with E-state index in [1.807, 2.05) is 38.1 Å². The van der Waals surface area contributed by atoms with Crippen molar-refractivity contribution in [2.75, 3.05) is 5.43 Å². The summed E-state index contributed by atoms with van der Waals surface area (Å²) >= 11 is 2.23. The molecule has 0 bridgehead atoms. The van der Waals surface area contributed by atoms with Crippen molar-refractivity contribution < 1.29 is 4.79 Å². The fourth-order valence-corrected chi connectivity index (χ4v) is 1.32. The quantitative estimate of drug-likeness (QED) is 0.511. The maximum Gasteiger partial charge on any atom is 0.262 e. The van der Waals surface area contributed by atoms with Gasteiger partial charge < -0.3 is 0 Å². The Balaban J connectivity index is 2.47. The topological polar surface area (TPSA) is 41.1 Å². The molecular weight excluding hydrogens is 303 g/mol. The van der Waals surface area contributed by atoms with Crippen LogP contribution >= 0.6 is 22.6 Å². The van der Waals surface area contributed by atoms with Gasteiger partial charge in [0.1, 0.15) is 0 Å². The van der Waals surface area contributed by atoms with E-state index in [0.29, 0.717) is 0 Å². The summed E-state index contributed by atoms with van der Waals surface area (Å²) in [6, 6.07) is 7.75. The summed E-state index contributed by atoms with van der Waals surface area (Å²) in [4.78, 5) is 11.2. The lowest BCUT2D eigenvalue weighted by atomic mass is 10.3. The molecule has 0 aromatic heterocycles. The molecule has 1 aromatic carbocycles. The summed E-state index contributed by atoms with van der Waals surface area (Å²) in [5.74, 6) is -0.145. The Morgan fingerprint density at radius 3 is 2.40 bits per heavy atom. The Morgan fingerprint density at radius 1 is 1.27 bits per heavy atom. The van der Waals surface area contributed by atoms with E-state index in [1.165, 1.54) is 0 Å². The minimum absolute atomic E-state index is 0.145. The normalized spacial score (nSPS) is 9.27. The fourth-order valence-electron chi connectivity index (χ4n) is 0.965. The van der Waals surface area contributed by atoms with Gasteiger partial charge in [0, 0.05) is 9.65 Å². The molecule has 0 fully saturated rings. The predicted octanol–water partition coefficient (Wildman–Crippen LogP) is 2.70. The maximum atomic E-state index is 11.2. The summed E-state index contributed by atoms with van der Waals surface area (Å²) in [6.45, 7) is 3.76. The van der Waals surface area contributed by atoms with E-state index in [0.717, 1.165) is 14.8 Å². The average molecular weight is 316 g/mol. The van der Waals surface area contributed by atoms with Gasteiger partial charge in [-0.3, -0.25) is 15.6 Å². The fraction of sp³-hybridized carbons (Fsp3) is 0.182. The highest BCUT2D eigenvalue weighted by Crippen LogP contribution is 2.09. The van der Waals surface area contributed by atoms with Crippen LogP contribution in [0.25, 0.3) is 0 Å². The Hall–Kier alpha value is -1.04. The number of hydrogen-bond acceptors (Lipinski definition) is 2. The van der Waals surface area contributed by atoms with Gasteiger partial charge in [-0.15, -0.1) is 0 Å². The molecule has 0 radical (unpaired) electrons. The number of amides is 1. The van der Waals surface area contributed by atoms with Crippen LogP contribution in [0.1, 0.15) is 13.8 Å². The molecule has 4 heteroatoms. The molecule has 0 heterocycles. The van der Waals surface area contributed by atoms with Crippen LogP contribution in [0.5, 0.6) is 0 Å². The van der Waals surface area contributed by atoms with Gasteiger partial charge in [0.05, 0.1) is 5.69 Å². The Labute approximate surface area is 103 Å². The van der Waals surface area contributed by atoms with Crippen LogP contribution in [0.3, 0.4) is 0 Å². The van der Waals surface area contributed by atoms with Crippen LogP contribution < -0.4 is 10.9 Å². The SMILES string of the molecule is CC(C)=CC(=O)NNc1ccc(I)cc1. The summed E-state index contributed by atoms with van der Waals surface area (Å²) in [6.07, 6.45) is 1.54. The largest absolute Gasteiger partial charge is 0.298 e. The first kappa shape index (κ1) is 12.0. The summed E-state index contributed by atoms with van der Waals surface area (Å²) in [5, 5.41) is 0. The molecule has 0 unspecified atom stereocenters. The number of benzene rings is 1. The first-order valence-electron chi connectivity index (χ1n) is 4.54. The zero-order valence-electron chi connectivity index (χ0n) is 8.67. The molecular formula is C11H13IN2O. The number of rotatable bonds is 3. The standard InChI is InChI=1S/C11H13IN2O/c1-8(2)7-11(15)14-13-10-5-3-9(12)4-6-10/h3-7,13H,1-2H3,(H,14,15). The second kappa shape index (κ2) is 5.75. The summed E-state index contributed by atoms with van der Waals surface area (Å²) in [5.41, 5.74) is 7.25. The maximum absolute atomic E-state index is 11.2. The molecule has 0 saturated carbocycles. The van der Waals surface area contributed by atoms with Crippen molar-refractivity contribution in [2.45, 2.75) is 13.8 Å². The van der Waals surface area contributed by atoms with Gasteiger partial charge in [-0.2, -0.15) is 0 Å². The molecule has 1 amide bonds. The first-order chi connectivity index (χ1) is 7.08. The van der Waals surface area contributed by atoms with E-state index >= 15 is 0 Å². The summed E-state index contributed by atoms with van der Waals surface area (Å²) in [7, 11) is 0. The lowest BCUT2D eigenvalue weighted by Gasteiger charge is -2.06. The van der Waals surface area contributed by atoms with Crippen LogP contribution in [0.4, 0.5) is 5.69 Å². The number of hydrazine groups is 1. The Morgan fingerprint density at radius 2 is 1.87 bits per heavy atom. The van der Waals surface area contributed by atoms with Gasteiger partial charge in [0.25, 0.3) is 5.91 Å². The second-order valence-electron chi connectivity index (χ2n) is 3.34. The van der Waals surface area contributed by atoms with Crippen molar-refractivity contribution in [1.29, 1.82) is 0 Å². The highest BCUT2D eigenvalue weighted by atomic mass is 127. The molecule has 0 aliphatic heterocycles. The number of nitrogens with one attached hydrogen (secondary N) is 2. The van der Waals surface area contributed by atoms with Gasteiger partial charge in [-0.05, 0) is 60.7 Å². The zero-order chi connectivity index (χ0) is 11.3. The Kier molecular flexibility index (Phi) is 4.61. The van der Waals surface area contributed by atoms with Crippen molar-refractivity contribution in [3.63, 3.8) is 0 Å². The number of hydrogen-bond donors (Lipinski definition) is 2. The molecule has 0 aliphatic rings. The van der Waals surface area contributed by atoms with Gasteiger partial charge in [-0.25, -0.2) is 0 Å². The number of halogens is 1. The van der Waals surface area contributed by atoms with Crippen LogP contribution in [0, 0.1) is 3.57 Å². The minimum atomic E-state index is -0.145. The van der Waals surface area contributed by atoms with E-state index in [2.05, 4.69) is 33.4 Å². The van der Waals surface area contributed by atoms with Crippen LogP contribution in [0.15, 0.2) is 35.9 Å². The van der Waals surface area contributed by atoms with Crippen molar-refractivity contribution in [3.05, 3.63) is 39.5 Å². The lowest BCUT2D eigenvalue weighted by Crippen LogP contribution is -2.27. The third-order valence-corrected chi connectivity index (χ3v) is 2.31. The van der Waals surface area contributed by atoms with Crippen molar-refractivity contribution >= 4 is 34.2 Å². The average Bonchev–Trinajstić information content (AvgIpc) is 2.16. The smallest absolute Gasteiger partial charge is 0.262 e. The lowest BCUT2D eigenvalue weighted by molar-refractivity contribution is -0.116. The van der Waals surface area contributed by atoms with Crippen molar-refractivity contribution in [1.82, 2.24) is 5.43 Å². The third-order valence-electron chi connectivity index (χ3n) is 1.59. The van der Waals surface area contributed by atoms with E-state index < -0.39 is 0 Å².